The van der Waals surface area contributed by atoms with Gasteiger partial charge in [0.25, 0.3) is 0 Å². The van der Waals surface area contributed by atoms with Crippen LogP contribution in [0.1, 0.15) is 11.1 Å². The molecule has 1 fully saturated rings. The van der Waals surface area contributed by atoms with E-state index < -0.39 is 11.7 Å². The summed E-state index contributed by atoms with van der Waals surface area (Å²) in [6, 6.07) is 2.50. The van der Waals surface area contributed by atoms with E-state index in [4.69, 9.17) is 4.74 Å². The molecule has 0 bridgehead atoms. The molecule has 10 heteroatoms. The van der Waals surface area contributed by atoms with Gasteiger partial charge in [0.05, 0.1) is 37.1 Å². The molecule has 0 atom stereocenters. The molecule has 1 saturated heterocycles. The second-order valence-electron chi connectivity index (χ2n) is 6.05. The Kier molecular flexibility index (Phi) is 4.44. The molecule has 7 nitrogen and oxygen atoms in total. The number of anilines is 1. The van der Waals surface area contributed by atoms with Crippen LogP contribution in [0.4, 0.5) is 19.0 Å². The first kappa shape index (κ1) is 17.7. The monoisotopic (exact) mass is 378 g/mol. The molecule has 1 N–H and O–H groups in total. The maximum absolute atomic E-state index is 13.4. The van der Waals surface area contributed by atoms with Gasteiger partial charge in [-0.1, -0.05) is 0 Å². The minimum absolute atomic E-state index is 0.0992. The molecule has 3 aromatic rings. The largest absolute Gasteiger partial charge is 0.417 e. The lowest BCUT2D eigenvalue weighted by atomic mass is 10.1. The Balaban J connectivity index is 1.92. The van der Waals surface area contributed by atoms with Crippen molar-refractivity contribution in [3.8, 4) is 11.4 Å². The van der Waals surface area contributed by atoms with Gasteiger partial charge in [-0.15, -0.1) is 5.10 Å². The van der Waals surface area contributed by atoms with Crippen molar-refractivity contribution in [2.24, 2.45) is 0 Å². The lowest BCUT2D eigenvalue weighted by Crippen LogP contribution is -2.37. The molecule has 1 radical (unpaired) electrons. The second-order valence-corrected chi connectivity index (χ2v) is 6.05. The van der Waals surface area contributed by atoms with Crippen LogP contribution >= 0.6 is 0 Å². The van der Waals surface area contributed by atoms with Crippen molar-refractivity contribution < 1.29 is 23.0 Å². The molecule has 0 aromatic carbocycles. The van der Waals surface area contributed by atoms with Crippen LogP contribution < -0.4 is 4.90 Å². The van der Waals surface area contributed by atoms with Gasteiger partial charge in [0.1, 0.15) is 5.52 Å². The van der Waals surface area contributed by atoms with E-state index in [1.54, 1.807) is 12.3 Å². The normalized spacial score (nSPS) is 15.5. The number of morpholine rings is 1. The van der Waals surface area contributed by atoms with Gasteiger partial charge in [-0.2, -0.15) is 13.2 Å². The second kappa shape index (κ2) is 6.78. The summed E-state index contributed by atoms with van der Waals surface area (Å²) >= 11 is 0. The van der Waals surface area contributed by atoms with Gasteiger partial charge in [-0.05, 0) is 17.7 Å². The van der Waals surface area contributed by atoms with Gasteiger partial charge in [0.15, 0.2) is 11.6 Å². The molecule has 0 unspecified atom stereocenters. The van der Waals surface area contributed by atoms with Crippen molar-refractivity contribution in [2.75, 3.05) is 31.2 Å². The molecule has 0 spiro atoms. The number of aromatic nitrogens is 4. The lowest BCUT2D eigenvalue weighted by Gasteiger charge is -2.28. The number of halogens is 3. The van der Waals surface area contributed by atoms with Crippen molar-refractivity contribution in [1.29, 1.82) is 0 Å². The third-order valence-electron chi connectivity index (χ3n) is 4.31. The van der Waals surface area contributed by atoms with Gasteiger partial charge in [0, 0.05) is 25.5 Å². The summed E-state index contributed by atoms with van der Waals surface area (Å²) < 4.78 is 47.0. The number of hydrogen-bond acceptors (Lipinski definition) is 6. The fourth-order valence-corrected chi connectivity index (χ4v) is 3.01. The highest BCUT2D eigenvalue weighted by molar-refractivity contribution is 5.73. The molecular weight excluding hydrogens is 363 g/mol. The average Bonchev–Trinajstić information content (AvgIpc) is 3.10. The van der Waals surface area contributed by atoms with Crippen LogP contribution in [0.25, 0.3) is 16.9 Å². The fraction of sp³-hybridized carbons (Fsp3) is 0.353. The summed E-state index contributed by atoms with van der Waals surface area (Å²) in [4.78, 5) is 10.0. The SMILES string of the molecule is OCc1cc2c(N3CCOCC3)nc(-c3cn[c]cc3C(F)(F)F)nn2c1. The lowest BCUT2D eigenvalue weighted by molar-refractivity contribution is -0.137. The Morgan fingerprint density at radius 1 is 1.26 bits per heavy atom. The number of rotatable bonds is 3. The Morgan fingerprint density at radius 3 is 2.74 bits per heavy atom. The van der Waals surface area contributed by atoms with E-state index in [0.29, 0.717) is 43.2 Å². The van der Waals surface area contributed by atoms with Gasteiger partial charge < -0.3 is 14.7 Å². The number of alkyl halides is 3. The standard InChI is InChI=1S/C17H15F3N5O2/c18-17(19,20)13-1-2-21-8-12(13)15-22-16(24-3-5-27-6-4-24)14-7-11(10-26)9-25(14)23-15/h1,7-9,26H,3-6,10H2. The van der Waals surface area contributed by atoms with Crippen LogP contribution in [0.5, 0.6) is 0 Å². The summed E-state index contributed by atoms with van der Waals surface area (Å²) in [5.41, 5.74) is 0.0662. The summed E-state index contributed by atoms with van der Waals surface area (Å²) in [6.07, 6.45) is 0.258. The Hall–Kier alpha value is -2.72. The van der Waals surface area contributed by atoms with Crippen LogP contribution in [0.3, 0.4) is 0 Å². The zero-order valence-electron chi connectivity index (χ0n) is 14.1. The number of aliphatic hydroxyl groups excluding tert-OH is 1. The predicted octanol–water partition coefficient (Wildman–Crippen LogP) is 1.94. The smallest absolute Gasteiger partial charge is 0.392 e. The minimum atomic E-state index is -4.58. The number of nitrogens with zero attached hydrogens (tertiary/aromatic N) is 5. The van der Waals surface area contributed by atoms with E-state index in [9.17, 15) is 18.3 Å². The van der Waals surface area contributed by atoms with Crippen molar-refractivity contribution in [3.05, 3.63) is 41.9 Å². The molecule has 1 aliphatic heterocycles. The molecule has 4 rings (SSSR count). The summed E-state index contributed by atoms with van der Waals surface area (Å²) in [5.74, 6) is 0.391. The van der Waals surface area contributed by atoms with Crippen LogP contribution in [-0.2, 0) is 17.5 Å². The third-order valence-corrected chi connectivity index (χ3v) is 4.31. The first-order chi connectivity index (χ1) is 13.0. The Morgan fingerprint density at radius 2 is 2.04 bits per heavy atom. The molecule has 27 heavy (non-hydrogen) atoms. The first-order valence-corrected chi connectivity index (χ1v) is 8.24. The molecule has 1 aliphatic rings. The Bertz CT molecular complexity index is 967. The van der Waals surface area contributed by atoms with Gasteiger partial charge in [0.2, 0.25) is 0 Å². The van der Waals surface area contributed by atoms with Crippen molar-refractivity contribution in [1.82, 2.24) is 19.6 Å². The van der Waals surface area contributed by atoms with Gasteiger partial charge in [-0.25, -0.2) is 9.50 Å². The topological polar surface area (TPSA) is 75.8 Å². The van der Waals surface area contributed by atoms with Crippen LogP contribution in [0.15, 0.2) is 24.5 Å². The molecule has 0 saturated carbocycles. The van der Waals surface area contributed by atoms with Gasteiger partial charge in [-0.3, -0.25) is 4.98 Å². The van der Waals surface area contributed by atoms with E-state index in [1.807, 2.05) is 4.90 Å². The van der Waals surface area contributed by atoms with E-state index in [1.165, 1.54) is 4.52 Å². The third kappa shape index (κ3) is 3.33. The highest BCUT2D eigenvalue weighted by atomic mass is 19.4. The van der Waals surface area contributed by atoms with E-state index in [-0.39, 0.29) is 18.0 Å². The van der Waals surface area contributed by atoms with Crippen LogP contribution in [0.2, 0.25) is 0 Å². The van der Waals surface area contributed by atoms with Crippen molar-refractivity contribution in [2.45, 2.75) is 12.8 Å². The quantitative estimate of drug-likeness (QED) is 0.751. The number of ether oxygens (including phenoxy) is 1. The summed E-state index contributed by atoms with van der Waals surface area (Å²) in [7, 11) is 0. The average molecular weight is 378 g/mol. The Labute approximate surface area is 152 Å². The first-order valence-electron chi connectivity index (χ1n) is 8.24. The molecule has 3 aromatic heterocycles. The number of pyridine rings is 1. The number of fused-ring (bicyclic) bond motifs is 1. The van der Waals surface area contributed by atoms with E-state index in [0.717, 1.165) is 12.3 Å². The molecule has 141 valence electrons. The highest BCUT2D eigenvalue weighted by Gasteiger charge is 2.35. The molecular formula is C17H15F3N5O2. The molecule has 0 amide bonds. The van der Waals surface area contributed by atoms with Crippen molar-refractivity contribution in [3.63, 3.8) is 0 Å². The van der Waals surface area contributed by atoms with Crippen LogP contribution in [0, 0.1) is 6.20 Å². The van der Waals surface area contributed by atoms with E-state index >= 15 is 0 Å². The zero-order chi connectivity index (χ0) is 19.0. The highest BCUT2D eigenvalue weighted by Crippen LogP contribution is 2.36. The van der Waals surface area contributed by atoms with Crippen LogP contribution in [-0.4, -0.2) is 51.0 Å². The summed E-state index contributed by atoms with van der Waals surface area (Å²) in [5, 5.41) is 13.6. The molecule has 4 heterocycles. The molecule has 0 aliphatic carbocycles. The van der Waals surface area contributed by atoms with Crippen molar-refractivity contribution >= 4 is 11.3 Å². The minimum Gasteiger partial charge on any atom is -0.392 e. The zero-order valence-corrected chi connectivity index (χ0v) is 14.1. The summed E-state index contributed by atoms with van der Waals surface area (Å²) in [6.45, 7) is 1.89. The predicted molar refractivity (Wildman–Crippen MR) is 89.0 cm³/mol. The van der Waals surface area contributed by atoms with Gasteiger partial charge >= 0.3 is 6.18 Å². The maximum atomic E-state index is 13.4. The van der Waals surface area contributed by atoms with E-state index in [2.05, 4.69) is 21.3 Å². The maximum Gasteiger partial charge on any atom is 0.417 e. The number of aliphatic hydroxyl groups is 1. The number of hydrogen-bond donors (Lipinski definition) is 1. The fourth-order valence-electron chi connectivity index (χ4n) is 3.01.